The number of carboxylic acids is 1. The third-order valence-electron chi connectivity index (χ3n) is 2.39. The van der Waals surface area contributed by atoms with Crippen molar-refractivity contribution in [2.45, 2.75) is 31.9 Å². The number of ether oxygens (including phenoxy) is 1. The van der Waals surface area contributed by atoms with E-state index in [1.165, 1.54) is 7.11 Å². The van der Waals surface area contributed by atoms with Gasteiger partial charge in [-0.05, 0) is 20.4 Å². The van der Waals surface area contributed by atoms with Gasteiger partial charge in [0.2, 0.25) is 0 Å². The van der Waals surface area contributed by atoms with Gasteiger partial charge in [0.05, 0.1) is 12.7 Å². The van der Waals surface area contributed by atoms with E-state index in [4.69, 9.17) is 9.84 Å². The summed E-state index contributed by atoms with van der Waals surface area (Å²) in [5.74, 6) is -0.785. The molecular formula is C10H21NO4. The van der Waals surface area contributed by atoms with Crippen LogP contribution in [0.4, 0.5) is 0 Å². The third-order valence-corrected chi connectivity index (χ3v) is 2.39. The maximum atomic E-state index is 10.4. The van der Waals surface area contributed by atoms with Gasteiger partial charge in [-0.15, -0.1) is 0 Å². The van der Waals surface area contributed by atoms with E-state index in [2.05, 4.69) is 0 Å². The maximum absolute atomic E-state index is 10.4. The van der Waals surface area contributed by atoms with Crippen molar-refractivity contribution < 1.29 is 19.7 Å². The molecule has 0 bridgehead atoms. The summed E-state index contributed by atoms with van der Waals surface area (Å²) < 4.78 is 4.81. The van der Waals surface area contributed by atoms with Gasteiger partial charge in [-0.1, -0.05) is 0 Å². The Labute approximate surface area is 90.6 Å². The number of likely N-dealkylation sites (N-methyl/N-ethyl adjacent to an activating group) is 1. The molecule has 0 aromatic carbocycles. The Kier molecular flexibility index (Phi) is 7.29. The highest BCUT2D eigenvalue weighted by atomic mass is 16.5. The molecule has 0 saturated carbocycles. The molecule has 0 rings (SSSR count). The molecule has 0 spiro atoms. The molecule has 0 aromatic heterocycles. The van der Waals surface area contributed by atoms with Crippen LogP contribution in [0.2, 0.25) is 0 Å². The Morgan fingerprint density at radius 3 is 2.60 bits per heavy atom. The van der Waals surface area contributed by atoms with Crippen molar-refractivity contribution in [1.82, 2.24) is 4.90 Å². The van der Waals surface area contributed by atoms with Gasteiger partial charge in [0.15, 0.2) is 0 Å². The first-order chi connectivity index (χ1) is 6.97. The minimum Gasteiger partial charge on any atom is -0.481 e. The summed E-state index contributed by atoms with van der Waals surface area (Å²) in [6.45, 7) is 2.74. The maximum Gasteiger partial charge on any atom is 0.303 e. The van der Waals surface area contributed by atoms with E-state index in [9.17, 15) is 9.90 Å². The number of aliphatic hydroxyl groups excluding tert-OH is 1. The summed E-state index contributed by atoms with van der Waals surface area (Å²) in [4.78, 5) is 12.3. The van der Waals surface area contributed by atoms with Crippen molar-refractivity contribution in [3.8, 4) is 0 Å². The zero-order valence-electron chi connectivity index (χ0n) is 9.64. The Balaban J connectivity index is 3.77. The van der Waals surface area contributed by atoms with Gasteiger partial charge >= 0.3 is 5.97 Å². The quantitative estimate of drug-likeness (QED) is 0.609. The Hall–Kier alpha value is -0.650. The third kappa shape index (κ3) is 7.30. The number of carbonyl (C=O) groups is 1. The normalized spacial score (nSPS) is 15.3. The van der Waals surface area contributed by atoms with Gasteiger partial charge < -0.3 is 19.8 Å². The monoisotopic (exact) mass is 219 g/mol. The average Bonchev–Trinajstić information content (AvgIpc) is 2.14. The molecule has 0 radical (unpaired) electrons. The fourth-order valence-corrected chi connectivity index (χ4v) is 1.31. The van der Waals surface area contributed by atoms with E-state index in [0.717, 1.165) is 0 Å². The summed E-state index contributed by atoms with van der Waals surface area (Å²) in [5.41, 5.74) is 0. The number of aliphatic hydroxyl groups is 1. The molecule has 0 saturated heterocycles. The van der Waals surface area contributed by atoms with Gasteiger partial charge in [-0.25, -0.2) is 0 Å². The molecule has 2 N–H and O–H groups in total. The smallest absolute Gasteiger partial charge is 0.303 e. The van der Waals surface area contributed by atoms with Crippen LogP contribution in [0.3, 0.4) is 0 Å². The molecule has 15 heavy (non-hydrogen) atoms. The van der Waals surface area contributed by atoms with Crippen LogP contribution in [0, 0.1) is 0 Å². The number of methoxy groups -OCH3 is 1. The number of aliphatic carboxylic acids is 1. The van der Waals surface area contributed by atoms with Crippen molar-refractivity contribution in [1.29, 1.82) is 0 Å². The predicted molar refractivity (Wildman–Crippen MR) is 56.8 cm³/mol. The fourth-order valence-electron chi connectivity index (χ4n) is 1.31. The number of nitrogens with zero attached hydrogens (tertiary/aromatic N) is 1. The average molecular weight is 219 g/mol. The minimum absolute atomic E-state index is 0.146. The molecule has 0 fully saturated rings. The van der Waals surface area contributed by atoms with Crippen LogP contribution in [-0.4, -0.2) is 60.5 Å². The van der Waals surface area contributed by atoms with Gasteiger partial charge in [-0.3, -0.25) is 4.79 Å². The molecule has 5 heteroatoms. The molecule has 0 aliphatic heterocycles. The standard InChI is InChI=1S/C10H21NO4/c1-8(4-5-10(13)14)11(2)6-9(12)7-15-3/h8-9,12H,4-7H2,1-3H3,(H,13,14). The summed E-state index contributed by atoms with van der Waals surface area (Å²) in [5, 5.41) is 18.0. The van der Waals surface area contributed by atoms with E-state index in [1.807, 2.05) is 18.9 Å². The van der Waals surface area contributed by atoms with Gasteiger partial charge in [-0.2, -0.15) is 0 Å². The van der Waals surface area contributed by atoms with E-state index in [-0.39, 0.29) is 12.5 Å². The zero-order valence-corrected chi connectivity index (χ0v) is 9.64. The molecule has 0 heterocycles. The van der Waals surface area contributed by atoms with Gasteiger partial charge in [0, 0.05) is 26.1 Å². The number of carboxylic acid groups (broad SMARTS) is 1. The van der Waals surface area contributed by atoms with Crippen molar-refractivity contribution >= 4 is 5.97 Å². The molecule has 2 unspecified atom stereocenters. The van der Waals surface area contributed by atoms with E-state index in [1.54, 1.807) is 0 Å². The molecule has 0 aliphatic carbocycles. The molecule has 0 aliphatic rings. The highest BCUT2D eigenvalue weighted by Gasteiger charge is 2.14. The van der Waals surface area contributed by atoms with Crippen LogP contribution in [0.15, 0.2) is 0 Å². The molecule has 2 atom stereocenters. The summed E-state index contributed by atoms with van der Waals surface area (Å²) in [7, 11) is 3.41. The van der Waals surface area contributed by atoms with E-state index >= 15 is 0 Å². The first kappa shape index (κ1) is 14.3. The Bertz CT molecular complexity index is 186. The molecule has 5 nitrogen and oxygen atoms in total. The van der Waals surface area contributed by atoms with Gasteiger partial charge in [0.1, 0.15) is 0 Å². The molecule has 0 amide bonds. The SMILES string of the molecule is COCC(O)CN(C)C(C)CCC(=O)O. The largest absolute Gasteiger partial charge is 0.481 e. The fraction of sp³-hybridized carbons (Fsp3) is 0.900. The second kappa shape index (κ2) is 7.62. The van der Waals surface area contributed by atoms with Crippen molar-refractivity contribution in [3.63, 3.8) is 0 Å². The number of hydrogen-bond acceptors (Lipinski definition) is 4. The van der Waals surface area contributed by atoms with Crippen LogP contribution in [0.1, 0.15) is 19.8 Å². The highest BCUT2D eigenvalue weighted by Crippen LogP contribution is 2.05. The van der Waals surface area contributed by atoms with Crippen molar-refractivity contribution in [2.75, 3.05) is 27.3 Å². The lowest BCUT2D eigenvalue weighted by molar-refractivity contribution is -0.137. The summed E-state index contributed by atoms with van der Waals surface area (Å²) in [6.07, 6.45) is 0.226. The van der Waals surface area contributed by atoms with Crippen LogP contribution in [0.5, 0.6) is 0 Å². The lowest BCUT2D eigenvalue weighted by atomic mass is 10.1. The first-order valence-electron chi connectivity index (χ1n) is 5.06. The van der Waals surface area contributed by atoms with Crippen LogP contribution in [-0.2, 0) is 9.53 Å². The highest BCUT2D eigenvalue weighted by molar-refractivity contribution is 5.66. The second-order valence-corrected chi connectivity index (χ2v) is 3.83. The summed E-state index contributed by atoms with van der Waals surface area (Å²) in [6, 6.07) is 0.146. The number of rotatable bonds is 8. The minimum atomic E-state index is -0.785. The number of hydrogen-bond donors (Lipinski definition) is 2. The van der Waals surface area contributed by atoms with Crippen LogP contribution in [0.25, 0.3) is 0 Å². The predicted octanol–water partition coefficient (Wildman–Crippen LogP) is 0.179. The lowest BCUT2D eigenvalue weighted by Gasteiger charge is -2.26. The molecular weight excluding hydrogens is 198 g/mol. The zero-order chi connectivity index (χ0) is 11.8. The van der Waals surface area contributed by atoms with Crippen molar-refractivity contribution in [3.05, 3.63) is 0 Å². The summed E-state index contributed by atoms with van der Waals surface area (Å²) >= 11 is 0. The van der Waals surface area contributed by atoms with E-state index in [0.29, 0.717) is 19.6 Å². The molecule has 90 valence electrons. The lowest BCUT2D eigenvalue weighted by Crippen LogP contribution is -2.37. The van der Waals surface area contributed by atoms with Crippen LogP contribution < -0.4 is 0 Å². The second-order valence-electron chi connectivity index (χ2n) is 3.83. The molecule has 0 aromatic rings. The first-order valence-corrected chi connectivity index (χ1v) is 5.06. The van der Waals surface area contributed by atoms with E-state index < -0.39 is 12.1 Å². The van der Waals surface area contributed by atoms with Crippen LogP contribution >= 0.6 is 0 Å². The van der Waals surface area contributed by atoms with Crippen molar-refractivity contribution in [2.24, 2.45) is 0 Å². The Morgan fingerprint density at radius 1 is 1.53 bits per heavy atom. The van der Waals surface area contributed by atoms with Gasteiger partial charge in [0.25, 0.3) is 0 Å². The topological polar surface area (TPSA) is 70.0 Å². The Morgan fingerprint density at radius 2 is 2.13 bits per heavy atom.